The molecule has 0 aromatic heterocycles. The second-order valence-corrected chi connectivity index (χ2v) is 2.30. The normalized spacial score (nSPS) is 24.0. The number of fused-ring (bicyclic) bond motifs is 1. The number of dihydropyridines is 1. The number of hydrogen-bond acceptors (Lipinski definition) is 2. The van der Waals surface area contributed by atoms with Crippen LogP contribution in [0.5, 0.6) is 0 Å². The molecule has 0 radical (unpaired) electrons. The van der Waals surface area contributed by atoms with Crippen LogP contribution in [0.2, 0.25) is 0 Å². The summed E-state index contributed by atoms with van der Waals surface area (Å²) in [7, 11) is 0. The number of hydrogen-bond donors (Lipinski definition) is 0. The predicted molar refractivity (Wildman–Crippen MR) is 35.6 cm³/mol. The molecule has 2 nitrogen and oxygen atoms in total. The van der Waals surface area contributed by atoms with Gasteiger partial charge < -0.3 is 4.74 Å². The van der Waals surface area contributed by atoms with Gasteiger partial charge >= 0.3 is 0 Å². The van der Waals surface area contributed by atoms with E-state index in [1.165, 1.54) is 5.57 Å². The largest absolute Gasteiger partial charge is 0.477 e. The lowest BCUT2D eigenvalue weighted by Crippen LogP contribution is -2.02. The summed E-state index contributed by atoms with van der Waals surface area (Å²) in [6.07, 6.45) is 4.40. The van der Waals surface area contributed by atoms with Gasteiger partial charge in [0, 0.05) is 18.5 Å². The van der Waals surface area contributed by atoms with Crippen molar-refractivity contribution in [1.82, 2.24) is 0 Å². The SMILES string of the molecule is C1=C2CCOC2=NCC1. The van der Waals surface area contributed by atoms with Gasteiger partial charge in [-0.15, -0.1) is 0 Å². The van der Waals surface area contributed by atoms with E-state index < -0.39 is 0 Å². The average Bonchev–Trinajstić information content (AvgIpc) is 2.33. The fraction of sp³-hybridized carbons (Fsp3) is 0.571. The maximum absolute atomic E-state index is 5.24. The van der Waals surface area contributed by atoms with Crippen LogP contribution in [0.25, 0.3) is 0 Å². The van der Waals surface area contributed by atoms with Crippen LogP contribution < -0.4 is 0 Å². The Labute approximate surface area is 54.2 Å². The monoisotopic (exact) mass is 123 g/mol. The molecule has 0 bridgehead atoms. The molecular weight excluding hydrogens is 114 g/mol. The Kier molecular flexibility index (Phi) is 1.04. The summed E-state index contributed by atoms with van der Waals surface area (Å²) >= 11 is 0. The Hall–Kier alpha value is -0.790. The summed E-state index contributed by atoms with van der Waals surface area (Å²) in [5.41, 5.74) is 1.32. The van der Waals surface area contributed by atoms with E-state index in [0.29, 0.717) is 0 Å². The smallest absolute Gasteiger partial charge is 0.211 e. The van der Waals surface area contributed by atoms with E-state index in [4.69, 9.17) is 4.74 Å². The Morgan fingerprint density at radius 3 is 3.44 bits per heavy atom. The first-order valence-electron chi connectivity index (χ1n) is 3.33. The van der Waals surface area contributed by atoms with Crippen molar-refractivity contribution in [1.29, 1.82) is 0 Å². The zero-order chi connectivity index (χ0) is 6.10. The van der Waals surface area contributed by atoms with Crippen molar-refractivity contribution in [3.63, 3.8) is 0 Å². The molecule has 0 spiro atoms. The first-order valence-corrected chi connectivity index (χ1v) is 3.33. The molecule has 1 saturated heterocycles. The van der Waals surface area contributed by atoms with E-state index in [-0.39, 0.29) is 0 Å². The van der Waals surface area contributed by atoms with Gasteiger partial charge in [0.15, 0.2) is 0 Å². The molecule has 2 heterocycles. The van der Waals surface area contributed by atoms with Crippen LogP contribution in [-0.2, 0) is 4.74 Å². The number of nitrogens with zero attached hydrogens (tertiary/aromatic N) is 1. The molecule has 9 heavy (non-hydrogen) atoms. The molecule has 0 N–H and O–H groups in total. The second-order valence-electron chi connectivity index (χ2n) is 2.30. The van der Waals surface area contributed by atoms with E-state index in [0.717, 1.165) is 31.9 Å². The molecule has 1 fully saturated rings. The molecule has 0 amide bonds. The Morgan fingerprint density at radius 2 is 2.56 bits per heavy atom. The van der Waals surface area contributed by atoms with E-state index in [9.17, 15) is 0 Å². The Balaban J connectivity index is 2.30. The van der Waals surface area contributed by atoms with Crippen LogP contribution in [0.15, 0.2) is 16.6 Å². The van der Waals surface area contributed by atoms with Crippen molar-refractivity contribution in [2.24, 2.45) is 4.99 Å². The molecule has 0 aromatic rings. The molecule has 2 aliphatic rings. The lowest BCUT2D eigenvalue weighted by atomic mass is 10.1. The molecular formula is C7H9NO. The second kappa shape index (κ2) is 1.87. The molecule has 2 aliphatic heterocycles. The molecule has 2 rings (SSSR count). The first kappa shape index (κ1) is 5.03. The molecule has 48 valence electrons. The van der Waals surface area contributed by atoms with Crippen molar-refractivity contribution >= 4 is 5.90 Å². The summed E-state index contributed by atoms with van der Waals surface area (Å²) in [4.78, 5) is 4.22. The van der Waals surface area contributed by atoms with E-state index >= 15 is 0 Å². The molecule has 0 aromatic carbocycles. The topological polar surface area (TPSA) is 21.6 Å². The fourth-order valence-corrected chi connectivity index (χ4v) is 1.20. The van der Waals surface area contributed by atoms with Crippen LogP contribution in [0, 0.1) is 0 Å². The van der Waals surface area contributed by atoms with Crippen LogP contribution >= 0.6 is 0 Å². The van der Waals surface area contributed by atoms with Gasteiger partial charge in [0.2, 0.25) is 5.90 Å². The summed E-state index contributed by atoms with van der Waals surface area (Å²) in [5.74, 6) is 0.904. The highest BCUT2D eigenvalue weighted by atomic mass is 16.5. The van der Waals surface area contributed by atoms with E-state index in [2.05, 4.69) is 11.1 Å². The number of rotatable bonds is 0. The third-order valence-corrected chi connectivity index (χ3v) is 1.66. The van der Waals surface area contributed by atoms with E-state index in [1.807, 2.05) is 0 Å². The highest BCUT2D eigenvalue weighted by Crippen LogP contribution is 2.18. The van der Waals surface area contributed by atoms with Crippen molar-refractivity contribution in [2.75, 3.05) is 13.2 Å². The van der Waals surface area contributed by atoms with Gasteiger partial charge in [-0.2, -0.15) is 0 Å². The third-order valence-electron chi connectivity index (χ3n) is 1.66. The zero-order valence-electron chi connectivity index (χ0n) is 5.26. The maximum atomic E-state index is 5.24. The Bertz CT molecular complexity index is 161. The minimum Gasteiger partial charge on any atom is -0.477 e. The predicted octanol–water partition coefficient (Wildman–Crippen LogP) is 1.14. The summed E-state index contributed by atoms with van der Waals surface area (Å²) < 4.78 is 5.24. The standard InChI is InChI=1S/C7H9NO/c1-2-6-3-5-9-7(6)8-4-1/h2H,1,3-5H2. The summed E-state index contributed by atoms with van der Waals surface area (Å²) in [6.45, 7) is 1.75. The highest BCUT2D eigenvalue weighted by molar-refractivity contribution is 5.95. The number of ether oxygens (including phenoxy) is 1. The minimum absolute atomic E-state index is 0.838. The first-order chi connectivity index (χ1) is 4.47. The van der Waals surface area contributed by atoms with Gasteiger partial charge in [0.1, 0.15) is 0 Å². The molecule has 2 heteroatoms. The average molecular weight is 123 g/mol. The van der Waals surface area contributed by atoms with Gasteiger partial charge in [-0.1, -0.05) is 6.08 Å². The van der Waals surface area contributed by atoms with Gasteiger partial charge in [-0.05, 0) is 6.42 Å². The van der Waals surface area contributed by atoms with Crippen molar-refractivity contribution in [2.45, 2.75) is 12.8 Å². The van der Waals surface area contributed by atoms with Crippen LogP contribution in [0.1, 0.15) is 12.8 Å². The maximum Gasteiger partial charge on any atom is 0.211 e. The third kappa shape index (κ3) is 0.745. The summed E-state index contributed by atoms with van der Waals surface area (Å²) in [5, 5.41) is 0. The van der Waals surface area contributed by atoms with Crippen LogP contribution in [0.3, 0.4) is 0 Å². The lowest BCUT2D eigenvalue weighted by molar-refractivity contribution is 0.342. The minimum atomic E-state index is 0.838. The zero-order valence-corrected chi connectivity index (χ0v) is 5.26. The van der Waals surface area contributed by atoms with Crippen molar-refractivity contribution < 1.29 is 4.74 Å². The molecule has 0 saturated carbocycles. The molecule has 0 atom stereocenters. The van der Waals surface area contributed by atoms with Crippen molar-refractivity contribution in [3.05, 3.63) is 11.6 Å². The fourth-order valence-electron chi connectivity index (χ4n) is 1.20. The highest BCUT2D eigenvalue weighted by Gasteiger charge is 2.17. The van der Waals surface area contributed by atoms with Gasteiger partial charge in [-0.25, -0.2) is 0 Å². The molecule has 0 unspecified atom stereocenters. The number of aliphatic imine (C=N–C) groups is 1. The van der Waals surface area contributed by atoms with E-state index in [1.54, 1.807) is 0 Å². The van der Waals surface area contributed by atoms with Gasteiger partial charge in [0.05, 0.1) is 6.61 Å². The van der Waals surface area contributed by atoms with Gasteiger partial charge in [0.25, 0.3) is 0 Å². The van der Waals surface area contributed by atoms with Crippen LogP contribution in [0.4, 0.5) is 0 Å². The summed E-state index contributed by atoms with van der Waals surface area (Å²) in [6, 6.07) is 0. The lowest BCUT2D eigenvalue weighted by Gasteiger charge is -2.03. The molecule has 0 aliphatic carbocycles. The Morgan fingerprint density at radius 1 is 1.56 bits per heavy atom. The quantitative estimate of drug-likeness (QED) is 0.473. The van der Waals surface area contributed by atoms with Crippen molar-refractivity contribution in [3.8, 4) is 0 Å². The van der Waals surface area contributed by atoms with Gasteiger partial charge in [-0.3, -0.25) is 4.99 Å². The van der Waals surface area contributed by atoms with Crippen LogP contribution in [-0.4, -0.2) is 19.0 Å².